The molecule has 1 aliphatic heterocycles. The second-order valence-corrected chi connectivity index (χ2v) is 4.71. The molecule has 1 saturated heterocycles. The first-order valence-corrected chi connectivity index (χ1v) is 6.29. The van der Waals surface area contributed by atoms with Crippen molar-refractivity contribution in [2.75, 3.05) is 6.54 Å². The average molecular weight is 210 g/mol. The molecule has 87 valence electrons. The number of carbonyl (C=O) groups excluding carboxylic acids is 1. The van der Waals surface area contributed by atoms with Crippen LogP contribution < -0.4 is 0 Å². The van der Waals surface area contributed by atoms with Gasteiger partial charge in [0.05, 0.1) is 0 Å². The van der Waals surface area contributed by atoms with Crippen LogP contribution in [-0.2, 0) is 4.79 Å². The van der Waals surface area contributed by atoms with Gasteiger partial charge < -0.3 is 4.90 Å². The maximum atomic E-state index is 12.1. The van der Waals surface area contributed by atoms with Crippen LogP contribution in [0.1, 0.15) is 52.9 Å². The van der Waals surface area contributed by atoms with Crippen LogP contribution in [0.15, 0.2) is 0 Å². The van der Waals surface area contributed by atoms with Crippen molar-refractivity contribution >= 4 is 5.91 Å². The number of carbonyl (C=O) groups is 1. The van der Waals surface area contributed by atoms with Crippen LogP contribution in [0.5, 0.6) is 0 Å². The summed E-state index contributed by atoms with van der Waals surface area (Å²) in [5.41, 5.74) is 0. The number of unbranched alkanes of at least 4 members (excludes halogenated alkanes) is 1. The van der Waals surface area contributed by atoms with Crippen molar-refractivity contribution in [2.45, 2.75) is 58.9 Å². The van der Waals surface area contributed by atoms with Crippen molar-refractivity contribution in [3.63, 3.8) is 0 Å². The van der Waals surface area contributed by atoms with Gasteiger partial charge in [-0.3, -0.25) is 4.79 Å². The Labute approximate surface area is 94.0 Å². The summed E-state index contributed by atoms with van der Waals surface area (Å²) in [5.74, 6) is 0.525. The van der Waals surface area contributed by atoms with E-state index in [1.165, 1.54) is 19.3 Å². The predicted octanol–water partition coefficient (Wildman–Crippen LogP) is 3.03. The van der Waals surface area contributed by atoms with Gasteiger partial charge >= 0.3 is 0 Å². The zero-order valence-corrected chi connectivity index (χ0v) is 10.3. The van der Waals surface area contributed by atoms with Crippen LogP contribution in [0, 0.1) is 12.3 Å². The van der Waals surface area contributed by atoms with E-state index in [9.17, 15) is 4.79 Å². The maximum absolute atomic E-state index is 12.1. The Morgan fingerprint density at radius 3 is 2.87 bits per heavy atom. The summed E-state index contributed by atoms with van der Waals surface area (Å²) < 4.78 is 0. The molecule has 1 heterocycles. The summed E-state index contributed by atoms with van der Waals surface area (Å²) in [5, 5.41) is 0. The smallest absolute Gasteiger partial charge is 0.225 e. The van der Waals surface area contributed by atoms with Crippen LogP contribution in [0.4, 0.5) is 0 Å². The Morgan fingerprint density at radius 1 is 1.53 bits per heavy atom. The maximum Gasteiger partial charge on any atom is 0.225 e. The van der Waals surface area contributed by atoms with Crippen molar-refractivity contribution in [3.8, 4) is 0 Å². The minimum Gasteiger partial charge on any atom is -0.340 e. The predicted molar refractivity (Wildman–Crippen MR) is 63.4 cm³/mol. The van der Waals surface area contributed by atoms with E-state index < -0.39 is 0 Å². The molecule has 1 aliphatic rings. The van der Waals surface area contributed by atoms with E-state index in [4.69, 9.17) is 0 Å². The molecule has 1 radical (unpaired) electrons. The van der Waals surface area contributed by atoms with Gasteiger partial charge in [-0.15, -0.1) is 0 Å². The van der Waals surface area contributed by atoms with Crippen molar-refractivity contribution < 1.29 is 4.79 Å². The highest BCUT2D eigenvalue weighted by Crippen LogP contribution is 2.20. The third-order valence-electron chi connectivity index (χ3n) is 3.32. The molecule has 0 aromatic rings. The molecule has 2 nitrogen and oxygen atoms in total. The Kier molecular flexibility index (Phi) is 5.13. The summed E-state index contributed by atoms with van der Waals surface area (Å²) in [4.78, 5) is 14.2. The molecular formula is C13H24NO. The Morgan fingerprint density at radius 2 is 2.27 bits per heavy atom. The molecule has 2 heteroatoms. The van der Waals surface area contributed by atoms with E-state index in [0.717, 1.165) is 19.4 Å². The van der Waals surface area contributed by atoms with Crippen LogP contribution in [-0.4, -0.2) is 23.4 Å². The quantitative estimate of drug-likeness (QED) is 0.698. The number of amides is 1. The molecule has 0 aliphatic carbocycles. The lowest BCUT2D eigenvalue weighted by atomic mass is 9.98. The average Bonchev–Trinajstić information content (AvgIpc) is 2.25. The second kappa shape index (κ2) is 6.14. The number of piperidine rings is 1. The molecule has 0 N–H and O–H groups in total. The fourth-order valence-corrected chi connectivity index (χ4v) is 2.23. The van der Waals surface area contributed by atoms with E-state index in [0.29, 0.717) is 11.9 Å². The minimum absolute atomic E-state index is 0.172. The summed E-state index contributed by atoms with van der Waals surface area (Å²) in [7, 11) is 0. The van der Waals surface area contributed by atoms with E-state index in [1.54, 1.807) is 0 Å². The summed E-state index contributed by atoms with van der Waals surface area (Å²) >= 11 is 0. The van der Waals surface area contributed by atoms with Gasteiger partial charge in [0.25, 0.3) is 0 Å². The second-order valence-electron chi connectivity index (χ2n) is 4.71. The van der Waals surface area contributed by atoms with Gasteiger partial charge in [-0.2, -0.15) is 0 Å². The molecule has 0 bridgehead atoms. The van der Waals surface area contributed by atoms with Gasteiger partial charge in [0, 0.05) is 18.5 Å². The molecule has 1 rings (SSSR count). The zero-order valence-electron chi connectivity index (χ0n) is 10.3. The van der Waals surface area contributed by atoms with Gasteiger partial charge in [0.15, 0.2) is 0 Å². The Balaban J connectivity index is 2.43. The number of hydrogen-bond donors (Lipinski definition) is 0. The highest BCUT2D eigenvalue weighted by molar-refractivity contribution is 5.79. The van der Waals surface area contributed by atoms with Gasteiger partial charge in [-0.05, 0) is 39.0 Å². The van der Waals surface area contributed by atoms with Crippen LogP contribution in [0.25, 0.3) is 0 Å². The van der Waals surface area contributed by atoms with Gasteiger partial charge in [0.1, 0.15) is 0 Å². The molecule has 2 unspecified atom stereocenters. The Bertz CT molecular complexity index is 203. The molecule has 1 fully saturated rings. The van der Waals surface area contributed by atoms with Crippen molar-refractivity contribution in [1.29, 1.82) is 0 Å². The summed E-state index contributed by atoms with van der Waals surface area (Å²) in [6.45, 7) is 7.32. The van der Waals surface area contributed by atoms with Crippen LogP contribution in [0.3, 0.4) is 0 Å². The number of rotatable bonds is 4. The van der Waals surface area contributed by atoms with Crippen molar-refractivity contribution in [2.24, 2.45) is 5.92 Å². The first kappa shape index (κ1) is 12.5. The standard InChI is InChI=1S/C13H24NO/c1-4-5-8-11(2)13(15)14-10-7-6-9-12(14)3/h5,11-12H,4,6-10H2,1-3H3. The lowest BCUT2D eigenvalue weighted by Gasteiger charge is -2.35. The lowest BCUT2D eigenvalue weighted by Crippen LogP contribution is -2.44. The van der Waals surface area contributed by atoms with Gasteiger partial charge in [-0.1, -0.05) is 20.3 Å². The monoisotopic (exact) mass is 210 g/mol. The fraction of sp³-hybridized carbons (Fsp3) is 0.846. The highest BCUT2D eigenvalue weighted by atomic mass is 16.2. The molecule has 0 spiro atoms. The van der Waals surface area contributed by atoms with E-state index in [2.05, 4.69) is 32.1 Å². The SMILES string of the molecule is CC[CH]CC(C)C(=O)N1CCCCC1C. The van der Waals surface area contributed by atoms with E-state index in [-0.39, 0.29) is 5.92 Å². The number of nitrogens with zero attached hydrogens (tertiary/aromatic N) is 1. The van der Waals surface area contributed by atoms with Crippen LogP contribution >= 0.6 is 0 Å². The topological polar surface area (TPSA) is 20.3 Å². The molecule has 0 aromatic carbocycles. The molecule has 15 heavy (non-hydrogen) atoms. The zero-order chi connectivity index (χ0) is 11.3. The van der Waals surface area contributed by atoms with Crippen molar-refractivity contribution in [1.82, 2.24) is 4.90 Å². The van der Waals surface area contributed by atoms with Crippen LogP contribution in [0.2, 0.25) is 0 Å². The fourth-order valence-electron chi connectivity index (χ4n) is 2.23. The van der Waals surface area contributed by atoms with Gasteiger partial charge in [-0.25, -0.2) is 0 Å². The molecule has 2 atom stereocenters. The molecule has 0 saturated carbocycles. The molecule has 0 aromatic heterocycles. The third-order valence-corrected chi connectivity index (χ3v) is 3.32. The van der Waals surface area contributed by atoms with E-state index >= 15 is 0 Å². The minimum atomic E-state index is 0.172. The Hall–Kier alpha value is -0.530. The summed E-state index contributed by atoms with van der Waals surface area (Å²) in [6.07, 6.45) is 7.83. The first-order chi connectivity index (χ1) is 7.16. The number of likely N-dealkylation sites (tertiary alicyclic amines) is 1. The van der Waals surface area contributed by atoms with Crippen molar-refractivity contribution in [3.05, 3.63) is 6.42 Å². The highest BCUT2D eigenvalue weighted by Gasteiger charge is 2.26. The molecule has 1 amide bonds. The normalized spacial score (nSPS) is 23.9. The van der Waals surface area contributed by atoms with E-state index in [1.807, 2.05) is 0 Å². The van der Waals surface area contributed by atoms with Gasteiger partial charge in [0.2, 0.25) is 5.91 Å². The first-order valence-electron chi connectivity index (χ1n) is 6.29. The largest absolute Gasteiger partial charge is 0.340 e. The molecular weight excluding hydrogens is 186 g/mol. The number of hydrogen-bond acceptors (Lipinski definition) is 1. The lowest BCUT2D eigenvalue weighted by molar-refractivity contribution is -0.138. The summed E-state index contributed by atoms with van der Waals surface area (Å²) in [6, 6.07) is 0.454. The third kappa shape index (κ3) is 3.51.